The number of halogens is 2. The SMILES string of the molecule is F.F.NN.[B].c1cc[nH]c1.c1ccncc1. The zero-order valence-corrected chi connectivity index (χ0v) is 8.69. The minimum atomic E-state index is 0. The van der Waals surface area contributed by atoms with Crippen LogP contribution in [-0.2, 0) is 0 Å². The van der Waals surface area contributed by atoms with Crippen molar-refractivity contribution < 1.29 is 9.41 Å². The molecule has 4 nitrogen and oxygen atoms in total. The first-order valence-corrected chi connectivity index (χ1v) is 3.76. The van der Waals surface area contributed by atoms with Crippen LogP contribution in [0.2, 0.25) is 0 Å². The van der Waals surface area contributed by atoms with Gasteiger partial charge in [0, 0.05) is 33.2 Å². The maximum absolute atomic E-state index is 4.00. The molecule has 0 amide bonds. The summed E-state index contributed by atoms with van der Waals surface area (Å²) in [7, 11) is 0. The van der Waals surface area contributed by atoms with Crippen molar-refractivity contribution in [2.45, 2.75) is 0 Å². The van der Waals surface area contributed by atoms with Gasteiger partial charge in [0.25, 0.3) is 0 Å². The van der Waals surface area contributed by atoms with Crippen LogP contribution in [0.5, 0.6) is 0 Å². The number of H-pyrrole nitrogens is 1. The maximum atomic E-state index is 4.00. The minimum Gasteiger partial charge on any atom is -0.368 e. The largest absolute Gasteiger partial charge is 0.368 e. The zero-order chi connectivity index (χ0) is 9.78. The Bertz CT molecular complexity index is 211. The Morgan fingerprint density at radius 2 is 1.19 bits per heavy atom. The molecule has 0 saturated carbocycles. The van der Waals surface area contributed by atoms with Crippen LogP contribution < -0.4 is 11.7 Å². The Labute approximate surface area is 95.4 Å². The minimum absolute atomic E-state index is 0. The summed E-state index contributed by atoms with van der Waals surface area (Å²) in [6.07, 6.45) is 7.25. The van der Waals surface area contributed by atoms with Crippen molar-refractivity contribution >= 4 is 8.41 Å². The van der Waals surface area contributed by atoms with Crippen molar-refractivity contribution in [1.82, 2.24) is 9.97 Å². The highest BCUT2D eigenvalue weighted by atomic mass is 19.0. The molecule has 16 heavy (non-hydrogen) atoms. The van der Waals surface area contributed by atoms with Crippen molar-refractivity contribution in [3.8, 4) is 0 Å². The first kappa shape index (κ1) is 23.8. The number of nitrogens with zero attached hydrogens (tertiary/aromatic N) is 1. The molecule has 0 aliphatic heterocycles. The molecule has 3 radical (unpaired) electrons. The van der Waals surface area contributed by atoms with Crippen molar-refractivity contribution in [2.75, 3.05) is 0 Å². The molecule has 0 fully saturated rings. The van der Waals surface area contributed by atoms with E-state index < -0.39 is 0 Å². The highest BCUT2D eigenvalue weighted by Gasteiger charge is 1.58. The first-order chi connectivity index (χ1) is 6.50. The van der Waals surface area contributed by atoms with Gasteiger partial charge in [-0.3, -0.25) is 26.1 Å². The highest BCUT2D eigenvalue weighted by Crippen LogP contribution is 1.73. The molecular formula is C9H16BF2N4. The van der Waals surface area contributed by atoms with Crippen molar-refractivity contribution in [3.05, 3.63) is 55.1 Å². The molecule has 0 bridgehead atoms. The highest BCUT2D eigenvalue weighted by molar-refractivity contribution is 5.75. The van der Waals surface area contributed by atoms with Crippen LogP contribution in [0.15, 0.2) is 55.1 Å². The van der Waals surface area contributed by atoms with Gasteiger partial charge in [-0.15, -0.1) is 0 Å². The van der Waals surface area contributed by atoms with Gasteiger partial charge in [0.05, 0.1) is 0 Å². The van der Waals surface area contributed by atoms with Crippen molar-refractivity contribution in [3.63, 3.8) is 0 Å². The lowest BCUT2D eigenvalue weighted by Crippen LogP contribution is -2.02. The molecule has 2 aromatic rings. The number of rotatable bonds is 0. The molecule has 0 unspecified atom stereocenters. The first-order valence-electron chi connectivity index (χ1n) is 3.76. The molecular weight excluding hydrogens is 213 g/mol. The second-order valence-electron chi connectivity index (χ2n) is 1.91. The topological polar surface area (TPSA) is 80.7 Å². The summed E-state index contributed by atoms with van der Waals surface area (Å²) < 4.78 is 0. The summed E-state index contributed by atoms with van der Waals surface area (Å²) in [5.41, 5.74) is 0. The summed E-state index contributed by atoms with van der Waals surface area (Å²) in [5.74, 6) is 8.00. The number of hydrazine groups is 1. The van der Waals surface area contributed by atoms with Gasteiger partial charge in [-0.25, -0.2) is 0 Å². The summed E-state index contributed by atoms with van der Waals surface area (Å²) >= 11 is 0. The average molecular weight is 229 g/mol. The van der Waals surface area contributed by atoms with E-state index in [4.69, 9.17) is 0 Å². The number of hydrogen-bond acceptors (Lipinski definition) is 3. The summed E-state index contributed by atoms with van der Waals surface area (Å²) in [6.45, 7) is 0. The lowest BCUT2D eigenvalue weighted by Gasteiger charge is -1.70. The summed E-state index contributed by atoms with van der Waals surface area (Å²) in [5, 5.41) is 0. The molecule has 0 spiro atoms. The van der Waals surface area contributed by atoms with Crippen LogP contribution in [0.25, 0.3) is 0 Å². The second kappa shape index (κ2) is 23.3. The van der Waals surface area contributed by atoms with E-state index in [-0.39, 0.29) is 17.8 Å². The van der Waals surface area contributed by atoms with Crippen LogP contribution in [0.3, 0.4) is 0 Å². The number of nitrogens with one attached hydrogen (secondary N) is 1. The Balaban J connectivity index is -0.0000000676. The monoisotopic (exact) mass is 229 g/mol. The lowest BCUT2D eigenvalue weighted by atomic mass is 10.5. The Morgan fingerprint density at radius 1 is 0.750 bits per heavy atom. The predicted molar refractivity (Wildman–Crippen MR) is 64.2 cm³/mol. The number of aromatic amines is 1. The molecule has 0 aliphatic carbocycles. The quantitative estimate of drug-likeness (QED) is 0.355. The number of pyridine rings is 1. The number of aromatic nitrogens is 2. The van der Waals surface area contributed by atoms with Crippen LogP contribution in [-0.4, -0.2) is 18.4 Å². The van der Waals surface area contributed by atoms with E-state index in [0.29, 0.717) is 0 Å². The van der Waals surface area contributed by atoms with E-state index >= 15 is 0 Å². The lowest BCUT2D eigenvalue weighted by molar-refractivity contribution is 1.11. The van der Waals surface area contributed by atoms with Crippen LogP contribution in [0.4, 0.5) is 9.41 Å². The molecule has 0 atom stereocenters. The number of nitrogens with two attached hydrogens (primary N) is 2. The van der Waals surface area contributed by atoms with Gasteiger partial charge in [0.2, 0.25) is 0 Å². The Kier molecular flexibility index (Phi) is 34.6. The fourth-order valence-electron chi connectivity index (χ4n) is 0.590. The molecule has 7 heteroatoms. The van der Waals surface area contributed by atoms with Gasteiger partial charge in [-0.1, -0.05) is 6.07 Å². The molecule has 5 N–H and O–H groups in total. The van der Waals surface area contributed by atoms with E-state index in [1.165, 1.54) is 0 Å². The van der Waals surface area contributed by atoms with Gasteiger partial charge in [-0.05, 0) is 24.3 Å². The Morgan fingerprint density at radius 3 is 1.31 bits per heavy atom. The van der Waals surface area contributed by atoms with Gasteiger partial charge in [0.1, 0.15) is 0 Å². The van der Waals surface area contributed by atoms with Crippen LogP contribution in [0, 0.1) is 0 Å². The molecule has 2 rings (SSSR count). The Hall–Kier alpha value is -1.73. The van der Waals surface area contributed by atoms with Gasteiger partial charge in [-0.2, -0.15) is 0 Å². The van der Waals surface area contributed by atoms with Crippen LogP contribution in [0.1, 0.15) is 0 Å². The van der Waals surface area contributed by atoms with Crippen molar-refractivity contribution in [1.29, 1.82) is 0 Å². The van der Waals surface area contributed by atoms with Gasteiger partial charge >= 0.3 is 0 Å². The van der Waals surface area contributed by atoms with Gasteiger partial charge < -0.3 is 4.98 Å². The van der Waals surface area contributed by atoms with E-state index in [9.17, 15) is 0 Å². The van der Waals surface area contributed by atoms with Crippen molar-refractivity contribution in [2.24, 2.45) is 11.7 Å². The maximum Gasteiger partial charge on any atom is 0.0267 e. The van der Waals surface area contributed by atoms with E-state index in [1.807, 2.05) is 42.7 Å². The third kappa shape index (κ3) is 18.1. The molecule has 89 valence electrons. The third-order valence-electron chi connectivity index (χ3n) is 1.06. The smallest absolute Gasteiger partial charge is 0.0267 e. The van der Waals surface area contributed by atoms with E-state index in [0.717, 1.165) is 0 Å². The molecule has 0 saturated heterocycles. The predicted octanol–water partition coefficient (Wildman–Crippen LogP) is 0.839. The summed E-state index contributed by atoms with van der Waals surface area (Å²) in [4.78, 5) is 6.65. The third-order valence-corrected chi connectivity index (χ3v) is 1.06. The fraction of sp³-hybridized carbons (Fsp3) is 0. The zero-order valence-electron chi connectivity index (χ0n) is 8.69. The molecule has 0 aliphatic rings. The van der Waals surface area contributed by atoms with Crippen LogP contribution >= 0.6 is 0 Å². The average Bonchev–Trinajstić information content (AvgIpc) is 2.82. The molecule has 2 heterocycles. The summed E-state index contributed by atoms with van der Waals surface area (Å²) in [6, 6.07) is 9.60. The normalized spacial score (nSPS) is 5.88. The van der Waals surface area contributed by atoms with Gasteiger partial charge in [0.15, 0.2) is 0 Å². The standard InChI is InChI=1S/C5H5N.C4H5N.B.2FH.H4N2/c1-2-4-6-5-3-1;1-2-4-5-3-1;;;;1-2/h1-5H;1-5H;;2*1H;1-2H2. The number of hydrogen-bond donors (Lipinski definition) is 3. The second-order valence-corrected chi connectivity index (χ2v) is 1.91. The van der Waals surface area contributed by atoms with E-state index in [2.05, 4.69) is 21.7 Å². The molecule has 2 aromatic heterocycles. The molecule has 0 aromatic carbocycles. The fourth-order valence-corrected chi connectivity index (χ4v) is 0.590. The van der Waals surface area contributed by atoms with E-state index in [1.54, 1.807) is 12.4 Å².